The standard InChI is InChI=1S/C11H18ClN3/c1-8(2)6-14-7-10-9(12)4-5-11(13-3)15-10/h4-5,8,14H,6-7H2,1-3H3,(H,13,15). The van der Waals surface area contributed by atoms with E-state index in [4.69, 9.17) is 11.6 Å². The van der Waals surface area contributed by atoms with Crippen LogP contribution in [0.25, 0.3) is 0 Å². The van der Waals surface area contributed by atoms with Gasteiger partial charge in [-0.15, -0.1) is 0 Å². The predicted molar refractivity (Wildman–Crippen MR) is 65.3 cm³/mol. The summed E-state index contributed by atoms with van der Waals surface area (Å²) in [5.74, 6) is 1.48. The van der Waals surface area contributed by atoms with Crippen molar-refractivity contribution in [1.82, 2.24) is 10.3 Å². The van der Waals surface area contributed by atoms with Gasteiger partial charge in [-0.05, 0) is 24.6 Å². The van der Waals surface area contributed by atoms with Crippen molar-refractivity contribution >= 4 is 17.4 Å². The zero-order chi connectivity index (χ0) is 11.3. The smallest absolute Gasteiger partial charge is 0.126 e. The lowest BCUT2D eigenvalue weighted by Crippen LogP contribution is -2.20. The maximum absolute atomic E-state index is 6.04. The Kier molecular flexibility index (Phi) is 4.85. The van der Waals surface area contributed by atoms with Crippen molar-refractivity contribution in [3.05, 3.63) is 22.8 Å². The lowest BCUT2D eigenvalue weighted by Gasteiger charge is -2.09. The van der Waals surface area contributed by atoms with Crippen LogP contribution in [0.1, 0.15) is 19.5 Å². The van der Waals surface area contributed by atoms with Crippen LogP contribution in [-0.2, 0) is 6.54 Å². The Morgan fingerprint density at radius 3 is 2.73 bits per heavy atom. The molecule has 3 nitrogen and oxygen atoms in total. The van der Waals surface area contributed by atoms with Gasteiger partial charge in [0.05, 0.1) is 10.7 Å². The number of halogens is 1. The van der Waals surface area contributed by atoms with Crippen LogP contribution in [0.4, 0.5) is 5.82 Å². The van der Waals surface area contributed by atoms with Gasteiger partial charge in [-0.25, -0.2) is 4.98 Å². The molecule has 1 aromatic heterocycles. The molecular weight excluding hydrogens is 210 g/mol. The zero-order valence-corrected chi connectivity index (χ0v) is 10.2. The number of nitrogens with zero attached hydrogens (tertiary/aromatic N) is 1. The number of aromatic nitrogens is 1. The van der Waals surface area contributed by atoms with Crippen molar-refractivity contribution in [2.24, 2.45) is 5.92 Å². The molecule has 0 unspecified atom stereocenters. The molecule has 1 aromatic rings. The molecule has 0 aromatic carbocycles. The number of hydrogen-bond donors (Lipinski definition) is 2. The highest BCUT2D eigenvalue weighted by molar-refractivity contribution is 6.31. The number of hydrogen-bond acceptors (Lipinski definition) is 3. The molecule has 0 spiro atoms. The minimum absolute atomic E-state index is 0.635. The maximum Gasteiger partial charge on any atom is 0.126 e. The Labute approximate surface area is 96.2 Å². The van der Waals surface area contributed by atoms with E-state index in [1.165, 1.54) is 0 Å². The van der Waals surface area contributed by atoms with Crippen LogP contribution in [0, 0.1) is 5.92 Å². The molecule has 0 aliphatic rings. The lowest BCUT2D eigenvalue weighted by atomic mass is 10.2. The van der Waals surface area contributed by atoms with E-state index in [9.17, 15) is 0 Å². The first-order valence-electron chi connectivity index (χ1n) is 5.17. The van der Waals surface area contributed by atoms with Crippen LogP contribution in [0.15, 0.2) is 12.1 Å². The van der Waals surface area contributed by atoms with E-state index in [-0.39, 0.29) is 0 Å². The van der Waals surface area contributed by atoms with Gasteiger partial charge in [-0.3, -0.25) is 0 Å². The molecule has 15 heavy (non-hydrogen) atoms. The van der Waals surface area contributed by atoms with E-state index in [0.717, 1.165) is 18.1 Å². The van der Waals surface area contributed by atoms with Crippen LogP contribution >= 0.6 is 11.6 Å². The normalized spacial score (nSPS) is 10.7. The summed E-state index contributed by atoms with van der Waals surface area (Å²) in [4.78, 5) is 4.38. The fourth-order valence-corrected chi connectivity index (χ4v) is 1.40. The van der Waals surface area contributed by atoms with Gasteiger partial charge in [0, 0.05) is 13.6 Å². The second-order valence-electron chi connectivity index (χ2n) is 3.90. The number of rotatable bonds is 5. The number of nitrogens with one attached hydrogen (secondary N) is 2. The van der Waals surface area contributed by atoms with E-state index in [1.807, 2.05) is 19.2 Å². The molecule has 0 saturated carbocycles. The van der Waals surface area contributed by atoms with Gasteiger partial charge < -0.3 is 10.6 Å². The average molecular weight is 228 g/mol. The first kappa shape index (κ1) is 12.3. The molecule has 0 bridgehead atoms. The molecular formula is C11H18ClN3. The summed E-state index contributed by atoms with van der Waals surface area (Å²) in [5, 5.41) is 7.03. The van der Waals surface area contributed by atoms with Crippen molar-refractivity contribution in [1.29, 1.82) is 0 Å². The van der Waals surface area contributed by atoms with Crippen molar-refractivity contribution in [3.63, 3.8) is 0 Å². The van der Waals surface area contributed by atoms with Gasteiger partial charge in [0.15, 0.2) is 0 Å². The fourth-order valence-electron chi connectivity index (χ4n) is 1.23. The first-order valence-corrected chi connectivity index (χ1v) is 5.55. The number of anilines is 1. The monoisotopic (exact) mass is 227 g/mol. The molecule has 0 radical (unpaired) electrons. The summed E-state index contributed by atoms with van der Waals surface area (Å²) < 4.78 is 0. The molecule has 0 fully saturated rings. The van der Waals surface area contributed by atoms with E-state index in [1.54, 1.807) is 0 Å². The third-order valence-corrected chi connectivity index (χ3v) is 2.36. The van der Waals surface area contributed by atoms with Crippen molar-refractivity contribution in [3.8, 4) is 0 Å². The lowest BCUT2D eigenvalue weighted by molar-refractivity contribution is 0.548. The molecule has 1 heterocycles. The molecule has 1 rings (SSSR count). The Hall–Kier alpha value is -0.800. The molecule has 0 aliphatic heterocycles. The molecule has 4 heteroatoms. The minimum Gasteiger partial charge on any atom is -0.373 e. The van der Waals surface area contributed by atoms with E-state index < -0.39 is 0 Å². The molecule has 0 atom stereocenters. The van der Waals surface area contributed by atoms with Gasteiger partial charge in [-0.1, -0.05) is 25.4 Å². The second-order valence-corrected chi connectivity index (χ2v) is 4.31. The summed E-state index contributed by atoms with van der Waals surface area (Å²) >= 11 is 6.04. The highest BCUT2D eigenvalue weighted by atomic mass is 35.5. The number of pyridine rings is 1. The molecule has 0 amide bonds. The van der Waals surface area contributed by atoms with Crippen molar-refractivity contribution < 1.29 is 0 Å². The van der Waals surface area contributed by atoms with Gasteiger partial charge in [0.2, 0.25) is 0 Å². The minimum atomic E-state index is 0.635. The van der Waals surface area contributed by atoms with Crippen LogP contribution in [-0.4, -0.2) is 18.6 Å². The Morgan fingerprint density at radius 1 is 1.40 bits per heavy atom. The molecule has 84 valence electrons. The Balaban J connectivity index is 2.59. The fraction of sp³-hybridized carbons (Fsp3) is 0.545. The quantitative estimate of drug-likeness (QED) is 0.812. The van der Waals surface area contributed by atoms with Gasteiger partial charge in [0.1, 0.15) is 5.82 Å². The molecule has 2 N–H and O–H groups in total. The van der Waals surface area contributed by atoms with Crippen LogP contribution in [0.5, 0.6) is 0 Å². The third-order valence-electron chi connectivity index (χ3n) is 2.02. The SMILES string of the molecule is CNc1ccc(Cl)c(CNCC(C)C)n1. The Morgan fingerprint density at radius 2 is 2.13 bits per heavy atom. The summed E-state index contributed by atoms with van der Waals surface area (Å²) in [7, 11) is 1.85. The van der Waals surface area contributed by atoms with E-state index in [0.29, 0.717) is 17.5 Å². The zero-order valence-electron chi connectivity index (χ0n) is 9.47. The van der Waals surface area contributed by atoms with Crippen LogP contribution in [0.3, 0.4) is 0 Å². The molecule has 0 aliphatic carbocycles. The topological polar surface area (TPSA) is 37.0 Å². The largest absolute Gasteiger partial charge is 0.373 e. The third kappa shape index (κ3) is 4.06. The maximum atomic E-state index is 6.04. The van der Waals surface area contributed by atoms with Gasteiger partial charge in [-0.2, -0.15) is 0 Å². The van der Waals surface area contributed by atoms with Crippen LogP contribution in [0.2, 0.25) is 5.02 Å². The predicted octanol–water partition coefficient (Wildman–Crippen LogP) is 2.52. The summed E-state index contributed by atoms with van der Waals surface area (Å²) in [6.45, 7) is 6.03. The summed E-state index contributed by atoms with van der Waals surface area (Å²) in [6, 6.07) is 3.74. The molecule has 0 saturated heterocycles. The summed E-state index contributed by atoms with van der Waals surface area (Å²) in [5.41, 5.74) is 0.893. The highest BCUT2D eigenvalue weighted by Crippen LogP contribution is 2.16. The first-order chi connectivity index (χ1) is 7.13. The van der Waals surface area contributed by atoms with Gasteiger partial charge in [0.25, 0.3) is 0 Å². The summed E-state index contributed by atoms with van der Waals surface area (Å²) in [6.07, 6.45) is 0. The van der Waals surface area contributed by atoms with Crippen molar-refractivity contribution in [2.45, 2.75) is 20.4 Å². The van der Waals surface area contributed by atoms with Crippen LogP contribution < -0.4 is 10.6 Å². The van der Waals surface area contributed by atoms with Gasteiger partial charge >= 0.3 is 0 Å². The Bertz CT molecular complexity index is 313. The van der Waals surface area contributed by atoms with E-state index >= 15 is 0 Å². The highest BCUT2D eigenvalue weighted by Gasteiger charge is 2.03. The second kappa shape index (κ2) is 5.93. The van der Waals surface area contributed by atoms with E-state index in [2.05, 4.69) is 29.5 Å². The van der Waals surface area contributed by atoms with Crippen molar-refractivity contribution in [2.75, 3.05) is 18.9 Å². The average Bonchev–Trinajstić information content (AvgIpc) is 2.20.